The molecule has 0 saturated carbocycles. The van der Waals surface area contributed by atoms with Crippen molar-refractivity contribution in [2.24, 2.45) is 0 Å². The van der Waals surface area contributed by atoms with E-state index in [1.807, 2.05) is 12.1 Å². The van der Waals surface area contributed by atoms with Crippen LogP contribution in [0.2, 0.25) is 0 Å². The Hall–Kier alpha value is -3.28. The van der Waals surface area contributed by atoms with Crippen molar-refractivity contribution in [3.63, 3.8) is 0 Å². The molecule has 0 aromatic heterocycles. The van der Waals surface area contributed by atoms with Gasteiger partial charge in [0.25, 0.3) is 5.91 Å². The highest BCUT2D eigenvalue weighted by atomic mass is 16.5. The van der Waals surface area contributed by atoms with Gasteiger partial charge in [-0.25, -0.2) is 4.90 Å². The predicted molar refractivity (Wildman–Crippen MR) is 102 cm³/mol. The first kappa shape index (κ1) is 18.5. The van der Waals surface area contributed by atoms with Crippen LogP contribution < -0.4 is 14.4 Å². The summed E-state index contributed by atoms with van der Waals surface area (Å²) in [4.78, 5) is 26.4. The van der Waals surface area contributed by atoms with Crippen LogP contribution >= 0.6 is 0 Å². The number of benzene rings is 2. The van der Waals surface area contributed by atoms with Crippen LogP contribution in [0.3, 0.4) is 0 Å². The standard InChI is InChI=1S/C21H21NO5/c1-12(2)13-5-8-15(9-6-13)22-20(24)18(19(23)21(22)25)14-7-10-16(26-3)17(11-14)27-4/h5-12,23H,1-4H3. The zero-order valence-electron chi connectivity index (χ0n) is 15.6. The van der Waals surface area contributed by atoms with Gasteiger partial charge in [0, 0.05) is 0 Å². The largest absolute Gasteiger partial charge is 0.502 e. The average molecular weight is 367 g/mol. The highest BCUT2D eigenvalue weighted by Gasteiger charge is 2.40. The van der Waals surface area contributed by atoms with Gasteiger partial charge < -0.3 is 14.6 Å². The van der Waals surface area contributed by atoms with E-state index < -0.39 is 17.6 Å². The second kappa shape index (κ2) is 7.15. The van der Waals surface area contributed by atoms with Gasteiger partial charge in [-0.15, -0.1) is 0 Å². The Balaban J connectivity index is 1.99. The van der Waals surface area contributed by atoms with E-state index >= 15 is 0 Å². The molecule has 0 radical (unpaired) electrons. The molecule has 1 aliphatic rings. The third-order valence-electron chi connectivity index (χ3n) is 4.55. The van der Waals surface area contributed by atoms with E-state index in [1.165, 1.54) is 14.2 Å². The molecular formula is C21H21NO5. The molecule has 1 heterocycles. The van der Waals surface area contributed by atoms with Gasteiger partial charge in [0.15, 0.2) is 17.3 Å². The number of rotatable bonds is 5. The number of aliphatic hydroxyl groups excluding tert-OH is 1. The molecule has 3 rings (SSSR count). The lowest BCUT2D eigenvalue weighted by Gasteiger charge is -2.16. The van der Waals surface area contributed by atoms with Crippen molar-refractivity contribution in [1.82, 2.24) is 0 Å². The Morgan fingerprint density at radius 1 is 0.889 bits per heavy atom. The highest BCUT2D eigenvalue weighted by molar-refractivity contribution is 6.44. The fraction of sp³-hybridized carbons (Fsp3) is 0.238. The van der Waals surface area contributed by atoms with Crippen LogP contribution in [0.25, 0.3) is 5.57 Å². The van der Waals surface area contributed by atoms with E-state index in [4.69, 9.17) is 9.47 Å². The number of ether oxygens (including phenoxy) is 2. The van der Waals surface area contributed by atoms with Crippen molar-refractivity contribution in [2.75, 3.05) is 19.1 Å². The Morgan fingerprint density at radius 3 is 2.07 bits per heavy atom. The number of imide groups is 1. The molecule has 1 aliphatic heterocycles. The van der Waals surface area contributed by atoms with Crippen LogP contribution in [-0.4, -0.2) is 31.1 Å². The van der Waals surface area contributed by atoms with Gasteiger partial charge in [0.05, 0.1) is 25.5 Å². The lowest BCUT2D eigenvalue weighted by atomic mass is 10.0. The number of methoxy groups -OCH3 is 2. The molecule has 0 atom stereocenters. The van der Waals surface area contributed by atoms with Gasteiger partial charge in [-0.1, -0.05) is 32.0 Å². The maximum atomic E-state index is 12.9. The summed E-state index contributed by atoms with van der Waals surface area (Å²) in [6.07, 6.45) is 0. The molecule has 1 N–H and O–H groups in total. The molecule has 2 aromatic rings. The van der Waals surface area contributed by atoms with Gasteiger partial charge in [0.2, 0.25) is 0 Å². The van der Waals surface area contributed by atoms with Gasteiger partial charge >= 0.3 is 5.91 Å². The minimum atomic E-state index is -0.748. The van der Waals surface area contributed by atoms with Crippen molar-refractivity contribution in [1.29, 1.82) is 0 Å². The first-order valence-corrected chi connectivity index (χ1v) is 8.53. The molecule has 2 aromatic carbocycles. The Labute approximate surface area is 157 Å². The fourth-order valence-corrected chi connectivity index (χ4v) is 3.01. The van der Waals surface area contributed by atoms with Crippen LogP contribution in [0.4, 0.5) is 5.69 Å². The summed E-state index contributed by atoms with van der Waals surface area (Å²) in [6.45, 7) is 4.12. The summed E-state index contributed by atoms with van der Waals surface area (Å²) in [7, 11) is 2.97. The Kier molecular flexibility index (Phi) is 4.90. The molecule has 0 bridgehead atoms. The molecule has 0 fully saturated rings. The second-order valence-electron chi connectivity index (χ2n) is 6.49. The molecular weight excluding hydrogens is 346 g/mol. The van der Waals surface area contributed by atoms with E-state index in [-0.39, 0.29) is 5.57 Å². The number of hydrogen-bond donors (Lipinski definition) is 1. The number of anilines is 1. The molecule has 0 aliphatic carbocycles. The average Bonchev–Trinajstić information content (AvgIpc) is 2.90. The first-order valence-electron chi connectivity index (χ1n) is 8.53. The van der Waals surface area contributed by atoms with E-state index in [9.17, 15) is 14.7 Å². The van der Waals surface area contributed by atoms with Crippen molar-refractivity contribution >= 4 is 23.1 Å². The molecule has 27 heavy (non-hydrogen) atoms. The number of nitrogens with zero attached hydrogens (tertiary/aromatic N) is 1. The SMILES string of the molecule is COc1ccc(C2=C(O)C(=O)N(c3ccc(C(C)C)cc3)C2=O)cc1OC. The minimum Gasteiger partial charge on any atom is -0.502 e. The molecule has 140 valence electrons. The van der Waals surface area contributed by atoms with Gasteiger partial charge in [0.1, 0.15) is 0 Å². The predicted octanol–water partition coefficient (Wildman–Crippen LogP) is 3.67. The normalized spacial score (nSPS) is 14.3. The van der Waals surface area contributed by atoms with E-state index in [0.717, 1.165) is 10.5 Å². The third kappa shape index (κ3) is 3.14. The van der Waals surface area contributed by atoms with Crippen LogP contribution in [0.5, 0.6) is 11.5 Å². The zero-order valence-corrected chi connectivity index (χ0v) is 15.6. The highest BCUT2D eigenvalue weighted by Crippen LogP contribution is 2.36. The van der Waals surface area contributed by atoms with Crippen LogP contribution in [0.15, 0.2) is 48.2 Å². The number of hydrogen-bond acceptors (Lipinski definition) is 5. The van der Waals surface area contributed by atoms with E-state index in [0.29, 0.717) is 28.7 Å². The monoisotopic (exact) mass is 367 g/mol. The van der Waals surface area contributed by atoms with Gasteiger partial charge in [-0.3, -0.25) is 9.59 Å². The zero-order chi connectivity index (χ0) is 19.7. The van der Waals surface area contributed by atoms with Crippen molar-refractivity contribution < 1.29 is 24.2 Å². The van der Waals surface area contributed by atoms with E-state index in [1.54, 1.807) is 30.3 Å². The number of carbonyl (C=O) groups is 2. The minimum absolute atomic E-state index is 0.0612. The van der Waals surface area contributed by atoms with E-state index in [2.05, 4.69) is 13.8 Å². The van der Waals surface area contributed by atoms with Gasteiger partial charge in [-0.2, -0.15) is 0 Å². The molecule has 6 heteroatoms. The summed E-state index contributed by atoms with van der Waals surface area (Å²) in [5, 5.41) is 10.3. The summed E-state index contributed by atoms with van der Waals surface area (Å²) >= 11 is 0. The molecule has 0 spiro atoms. The van der Waals surface area contributed by atoms with Crippen LogP contribution in [0.1, 0.15) is 30.9 Å². The Bertz CT molecular complexity index is 928. The molecule has 0 saturated heterocycles. The quantitative estimate of drug-likeness (QED) is 0.816. The lowest BCUT2D eigenvalue weighted by molar-refractivity contribution is -0.121. The number of carbonyl (C=O) groups excluding carboxylic acids is 2. The van der Waals surface area contributed by atoms with Crippen molar-refractivity contribution in [2.45, 2.75) is 19.8 Å². The topological polar surface area (TPSA) is 76.1 Å². The lowest BCUT2D eigenvalue weighted by Crippen LogP contribution is -2.31. The molecule has 0 unspecified atom stereocenters. The summed E-state index contributed by atoms with van der Waals surface area (Å²) in [6, 6.07) is 11.9. The Morgan fingerprint density at radius 2 is 1.52 bits per heavy atom. The third-order valence-corrected chi connectivity index (χ3v) is 4.55. The number of amides is 2. The smallest absolute Gasteiger partial charge is 0.301 e. The fourth-order valence-electron chi connectivity index (χ4n) is 3.01. The molecule has 6 nitrogen and oxygen atoms in total. The van der Waals surface area contributed by atoms with Crippen LogP contribution in [-0.2, 0) is 9.59 Å². The maximum absolute atomic E-state index is 12.9. The summed E-state index contributed by atoms with van der Waals surface area (Å²) < 4.78 is 10.4. The first-order chi connectivity index (χ1) is 12.9. The number of aliphatic hydroxyl groups is 1. The molecule has 2 amide bonds. The summed E-state index contributed by atoms with van der Waals surface area (Å²) in [5.74, 6) is -0.698. The summed E-state index contributed by atoms with van der Waals surface area (Å²) in [5.41, 5.74) is 1.82. The maximum Gasteiger partial charge on any atom is 0.301 e. The second-order valence-corrected chi connectivity index (χ2v) is 6.49. The van der Waals surface area contributed by atoms with Crippen LogP contribution in [0, 0.1) is 0 Å². The van der Waals surface area contributed by atoms with Crippen molar-refractivity contribution in [3.8, 4) is 11.5 Å². The van der Waals surface area contributed by atoms with Crippen molar-refractivity contribution in [3.05, 3.63) is 59.4 Å². The van der Waals surface area contributed by atoms with Gasteiger partial charge in [-0.05, 0) is 41.3 Å².